The van der Waals surface area contributed by atoms with Crippen molar-refractivity contribution in [2.24, 2.45) is 5.92 Å². The number of nitrogens with two attached hydrogens (primary N) is 1. The van der Waals surface area contributed by atoms with Crippen LogP contribution in [0.1, 0.15) is 25.5 Å². The molecule has 1 aromatic rings. The summed E-state index contributed by atoms with van der Waals surface area (Å²) in [6.45, 7) is 3.93. The van der Waals surface area contributed by atoms with E-state index in [9.17, 15) is 5.11 Å². The molecular weight excluding hydrogens is 230 g/mol. The summed E-state index contributed by atoms with van der Waals surface area (Å²) in [5, 5.41) is 9.80. The van der Waals surface area contributed by atoms with E-state index in [1.807, 2.05) is 26.0 Å². The topological polar surface area (TPSA) is 46.2 Å². The Labute approximate surface area is 86.9 Å². The smallest absolute Gasteiger partial charge is 0.0833 e. The monoisotopic (exact) mass is 243 g/mol. The third kappa shape index (κ3) is 2.45. The van der Waals surface area contributed by atoms with Crippen LogP contribution in [-0.2, 0) is 0 Å². The lowest BCUT2D eigenvalue weighted by Crippen LogP contribution is -2.08. The van der Waals surface area contributed by atoms with Gasteiger partial charge in [-0.05, 0) is 24.1 Å². The van der Waals surface area contributed by atoms with Gasteiger partial charge < -0.3 is 10.8 Å². The number of aliphatic hydroxyl groups is 1. The fourth-order valence-electron chi connectivity index (χ4n) is 1.16. The van der Waals surface area contributed by atoms with Crippen LogP contribution >= 0.6 is 15.9 Å². The maximum absolute atomic E-state index is 9.80. The molecule has 0 heterocycles. The molecular formula is C10H14BrNO. The summed E-state index contributed by atoms with van der Waals surface area (Å²) >= 11 is 3.35. The van der Waals surface area contributed by atoms with E-state index in [1.165, 1.54) is 0 Å². The lowest BCUT2D eigenvalue weighted by Gasteiger charge is -2.16. The van der Waals surface area contributed by atoms with Crippen molar-refractivity contribution < 1.29 is 5.11 Å². The minimum atomic E-state index is -0.488. The zero-order valence-corrected chi connectivity index (χ0v) is 9.38. The van der Waals surface area contributed by atoms with Gasteiger partial charge in [0.05, 0.1) is 6.10 Å². The minimum absolute atomic E-state index is 0.177. The lowest BCUT2D eigenvalue weighted by molar-refractivity contribution is 0.127. The molecule has 0 aliphatic heterocycles. The van der Waals surface area contributed by atoms with Crippen LogP contribution in [0.3, 0.4) is 0 Å². The van der Waals surface area contributed by atoms with Gasteiger partial charge in [-0.2, -0.15) is 0 Å². The molecule has 1 aromatic carbocycles. The van der Waals surface area contributed by atoms with Gasteiger partial charge in [0.2, 0.25) is 0 Å². The molecule has 3 N–H and O–H groups in total. The van der Waals surface area contributed by atoms with E-state index >= 15 is 0 Å². The molecule has 0 radical (unpaired) electrons. The van der Waals surface area contributed by atoms with Crippen molar-refractivity contribution in [1.82, 2.24) is 0 Å². The highest BCUT2D eigenvalue weighted by molar-refractivity contribution is 9.10. The van der Waals surface area contributed by atoms with Crippen LogP contribution < -0.4 is 5.73 Å². The van der Waals surface area contributed by atoms with Gasteiger partial charge in [-0.3, -0.25) is 0 Å². The summed E-state index contributed by atoms with van der Waals surface area (Å²) in [6, 6.07) is 5.52. The maximum Gasteiger partial charge on any atom is 0.0833 e. The minimum Gasteiger partial charge on any atom is -0.398 e. The Morgan fingerprint density at radius 1 is 1.38 bits per heavy atom. The predicted octanol–water partition coefficient (Wildman–Crippen LogP) is 2.72. The first-order chi connectivity index (χ1) is 6.02. The molecule has 1 atom stereocenters. The molecule has 0 fully saturated rings. The fraction of sp³-hybridized carbons (Fsp3) is 0.400. The molecule has 2 nitrogen and oxygen atoms in total. The van der Waals surface area contributed by atoms with E-state index in [0.29, 0.717) is 5.69 Å². The number of halogens is 1. The van der Waals surface area contributed by atoms with E-state index in [2.05, 4.69) is 15.9 Å². The highest BCUT2D eigenvalue weighted by Crippen LogP contribution is 2.28. The van der Waals surface area contributed by atoms with Crippen LogP contribution in [0.2, 0.25) is 0 Å². The van der Waals surface area contributed by atoms with E-state index in [4.69, 9.17) is 5.73 Å². The Bertz CT molecular complexity index is 299. The summed E-state index contributed by atoms with van der Waals surface area (Å²) in [6.07, 6.45) is -0.488. The summed E-state index contributed by atoms with van der Waals surface area (Å²) < 4.78 is 0.941. The second-order valence-electron chi connectivity index (χ2n) is 3.46. The second-order valence-corrected chi connectivity index (χ2v) is 4.38. The summed E-state index contributed by atoms with van der Waals surface area (Å²) in [4.78, 5) is 0. The van der Waals surface area contributed by atoms with Gasteiger partial charge in [-0.25, -0.2) is 0 Å². The van der Waals surface area contributed by atoms with Gasteiger partial charge in [0, 0.05) is 15.7 Å². The molecule has 3 heteroatoms. The van der Waals surface area contributed by atoms with Crippen molar-refractivity contribution in [2.75, 3.05) is 5.73 Å². The summed E-state index contributed by atoms with van der Waals surface area (Å²) in [7, 11) is 0. The first-order valence-corrected chi connectivity index (χ1v) is 5.04. The van der Waals surface area contributed by atoms with Crippen molar-refractivity contribution >= 4 is 21.6 Å². The SMILES string of the molecule is CC(C)C(O)c1cc(Br)ccc1N. The highest BCUT2D eigenvalue weighted by Gasteiger charge is 2.14. The van der Waals surface area contributed by atoms with Crippen molar-refractivity contribution in [3.8, 4) is 0 Å². The molecule has 1 unspecified atom stereocenters. The summed E-state index contributed by atoms with van der Waals surface area (Å²) in [5.41, 5.74) is 7.19. The Morgan fingerprint density at radius 3 is 2.54 bits per heavy atom. The second kappa shape index (κ2) is 4.11. The number of nitrogen functional groups attached to an aromatic ring is 1. The number of hydrogen-bond acceptors (Lipinski definition) is 2. The van der Waals surface area contributed by atoms with E-state index in [0.717, 1.165) is 10.0 Å². The first-order valence-electron chi connectivity index (χ1n) is 4.25. The number of anilines is 1. The van der Waals surface area contributed by atoms with Crippen molar-refractivity contribution in [3.05, 3.63) is 28.2 Å². The third-order valence-electron chi connectivity index (χ3n) is 2.00. The Balaban J connectivity index is 3.05. The zero-order chi connectivity index (χ0) is 10.0. The number of rotatable bonds is 2. The molecule has 1 rings (SSSR count). The normalized spacial score (nSPS) is 13.3. The largest absolute Gasteiger partial charge is 0.398 e. The Hall–Kier alpha value is -0.540. The van der Waals surface area contributed by atoms with Crippen LogP contribution in [0, 0.1) is 5.92 Å². The van der Waals surface area contributed by atoms with Gasteiger partial charge in [0.1, 0.15) is 0 Å². The molecule has 0 saturated carbocycles. The zero-order valence-electron chi connectivity index (χ0n) is 7.79. The molecule has 0 bridgehead atoms. The van der Waals surface area contributed by atoms with Gasteiger partial charge in [0.15, 0.2) is 0 Å². The predicted molar refractivity (Wildman–Crippen MR) is 58.4 cm³/mol. The lowest BCUT2D eigenvalue weighted by atomic mass is 9.98. The van der Waals surface area contributed by atoms with E-state index in [-0.39, 0.29) is 5.92 Å². The maximum atomic E-state index is 9.80. The standard InChI is InChI=1S/C10H14BrNO/c1-6(2)10(13)8-5-7(11)3-4-9(8)12/h3-6,10,13H,12H2,1-2H3. The average Bonchev–Trinajstić information content (AvgIpc) is 2.08. The van der Waals surface area contributed by atoms with Gasteiger partial charge in [-0.15, -0.1) is 0 Å². The molecule has 0 aliphatic carbocycles. The van der Waals surface area contributed by atoms with Gasteiger partial charge in [-0.1, -0.05) is 29.8 Å². The van der Waals surface area contributed by atoms with Crippen LogP contribution in [0.15, 0.2) is 22.7 Å². The molecule has 0 saturated heterocycles. The molecule has 0 aliphatic rings. The Kier molecular flexibility index (Phi) is 3.33. The van der Waals surface area contributed by atoms with Crippen LogP contribution in [-0.4, -0.2) is 5.11 Å². The first kappa shape index (κ1) is 10.5. The van der Waals surface area contributed by atoms with E-state index in [1.54, 1.807) is 6.07 Å². The van der Waals surface area contributed by atoms with Crippen molar-refractivity contribution in [2.45, 2.75) is 20.0 Å². The molecule has 13 heavy (non-hydrogen) atoms. The number of aliphatic hydroxyl groups excluding tert-OH is 1. The van der Waals surface area contributed by atoms with E-state index < -0.39 is 6.10 Å². The van der Waals surface area contributed by atoms with Crippen molar-refractivity contribution in [1.29, 1.82) is 0 Å². The van der Waals surface area contributed by atoms with Crippen LogP contribution in [0.4, 0.5) is 5.69 Å². The average molecular weight is 244 g/mol. The quantitative estimate of drug-likeness (QED) is 0.785. The number of benzene rings is 1. The Morgan fingerprint density at radius 2 is 2.00 bits per heavy atom. The van der Waals surface area contributed by atoms with Gasteiger partial charge in [0.25, 0.3) is 0 Å². The summed E-state index contributed by atoms with van der Waals surface area (Å²) in [5.74, 6) is 0.177. The number of hydrogen-bond donors (Lipinski definition) is 2. The molecule has 0 amide bonds. The fourth-order valence-corrected chi connectivity index (χ4v) is 1.54. The molecule has 72 valence electrons. The highest BCUT2D eigenvalue weighted by atomic mass is 79.9. The molecule has 0 spiro atoms. The van der Waals surface area contributed by atoms with Gasteiger partial charge >= 0.3 is 0 Å². The molecule has 0 aromatic heterocycles. The van der Waals surface area contributed by atoms with Crippen LogP contribution in [0.25, 0.3) is 0 Å². The van der Waals surface area contributed by atoms with Crippen LogP contribution in [0.5, 0.6) is 0 Å². The van der Waals surface area contributed by atoms with Crippen molar-refractivity contribution in [3.63, 3.8) is 0 Å². The third-order valence-corrected chi connectivity index (χ3v) is 2.49.